The van der Waals surface area contributed by atoms with Crippen LogP contribution in [0.25, 0.3) is 6.08 Å². The molecule has 2 unspecified atom stereocenters. The zero-order valence-electron chi connectivity index (χ0n) is 32.8. The zero-order valence-corrected chi connectivity index (χ0v) is 34.4. The van der Waals surface area contributed by atoms with Gasteiger partial charge in [-0.3, -0.25) is 34.5 Å². The second kappa shape index (κ2) is 17.6. The van der Waals surface area contributed by atoms with Crippen molar-refractivity contribution in [1.29, 1.82) is 0 Å². The zero-order chi connectivity index (χ0) is 39.5. The minimum Gasteiger partial charge on any atom is -0.373 e. The molecule has 1 aromatic carbocycles. The van der Waals surface area contributed by atoms with Crippen LogP contribution in [0.1, 0.15) is 78.5 Å². The van der Waals surface area contributed by atoms with E-state index in [2.05, 4.69) is 77.1 Å². The molecule has 5 heterocycles. The Morgan fingerprint density at radius 1 is 0.930 bits per heavy atom. The van der Waals surface area contributed by atoms with Crippen molar-refractivity contribution < 1.29 is 18.8 Å². The van der Waals surface area contributed by atoms with Crippen LogP contribution < -0.4 is 10.6 Å². The average molecular weight is 839 g/mol. The first-order valence-electron chi connectivity index (χ1n) is 20.7. The molecule has 4 fully saturated rings. The fourth-order valence-corrected chi connectivity index (χ4v) is 9.72. The number of aromatic nitrogens is 1. The number of piperazine rings is 1. The van der Waals surface area contributed by atoms with Crippen LogP contribution in [0.3, 0.4) is 0 Å². The van der Waals surface area contributed by atoms with Crippen LogP contribution in [-0.4, -0.2) is 114 Å². The van der Waals surface area contributed by atoms with Crippen LogP contribution >= 0.6 is 15.9 Å². The summed E-state index contributed by atoms with van der Waals surface area (Å²) in [4.78, 5) is 50.9. The van der Waals surface area contributed by atoms with Gasteiger partial charge >= 0.3 is 0 Å². The van der Waals surface area contributed by atoms with Crippen molar-refractivity contribution in [3.63, 3.8) is 0 Å². The van der Waals surface area contributed by atoms with E-state index < -0.39 is 11.9 Å². The maximum absolute atomic E-state index is 15.4. The number of halogens is 2. The summed E-state index contributed by atoms with van der Waals surface area (Å²) >= 11 is 3.72. The van der Waals surface area contributed by atoms with Gasteiger partial charge in [-0.2, -0.15) is 0 Å². The fraction of sp³-hybridized carbons (Fsp3) is 0.489. The van der Waals surface area contributed by atoms with Gasteiger partial charge in [0.05, 0.1) is 5.70 Å². The molecule has 8 rings (SSSR count). The van der Waals surface area contributed by atoms with E-state index in [0.717, 1.165) is 94.5 Å². The van der Waals surface area contributed by atoms with E-state index in [1.807, 2.05) is 29.3 Å². The number of benzene rings is 1. The van der Waals surface area contributed by atoms with Crippen molar-refractivity contribution in [2.45, 2.75) is 63.8 Å². The van der Waals surface area contributed by atoms with Gasteiger partial charge in [-0.15, -0.1) is 5.73 Å². The lowest BCUT2D eigenvalue weighted by atomic mass is 9.85. The Kier molecular flexibility index (Phi) is 12.2. The molecule has 6 aliphatic rings. The molecule has 0 bridgehead atoms. The SMILES string of the molecule is CC1Cc2nccc(Br)c2C=C1CN1CCC(c2ccc(C(=O)N3CCC(CN4CCN(C5=C(F)C=C(NC6CCC(=O)NC6=O)C=C=C5)CC4)CC3)cc2)CC1. The van der Waals surface area contributed by atoms with E-state index in [4.69, 9.17) is 0 Å². The van der Waals surface area contributed by atoms with Gasteiger partial charge in [0.2, 0.25) is 11.8 Å². The number of amides is 3. The van der Waals surface area contributed by atoms with Gasteiger partial charge in [-0.1, -0.05) is 46.6 Å². The number of piperidine rings is 3. The predicted octanol–water partition coefficient (Wildman–Crippen LogP) is 5.95. The molecule has 0 spiro atoms. The number of nitrogens with zero attached hydrogens (tertiary/aromatic N) is 5. The van der Waals surface area contributed by atoms with Crippen LogP contribution in [-0.2, 0) is 16.0 Å². The average Bonchev–Trinajstić information content (AvgIpc) is 3.40. The number of pyridine rings is 1. The molecular weight excluding hydrogens is 785 g/mol. The van der Waals surface area contributed by atoms with Crippen LogP contribution in [0.4, 0.5) is 4.39 Å². The molecule has 2 atom stereocenters. The van der Waals surface area contributed by atoms with E-state index in [0.29, 0.717) is 48.7 Å². The normalized spacial score (nSPS) is 24.2. The Labute approximate surface area is 343 Å². The molecule has 4 saturated heterocycles. The quantitative estimate of drug-likeness (QED) is 0.236. The van der Waals surface area contributed by atoms with Gasteiger partial charge in [0.15, 0.2) is 0 Å². The summed E-state index contributed by atoms with van der Waals surface area (Å²) in [5, 5.41) is 5.38. The molecule has 57 heavy (non-hydrogen) atoms. The molecule has 2 aromatic rings. The molecule has 1 aromatic heterocycles. The van der Waals surface area contributed by atoms with E-state index in [-0.39, 0.29) is 24.1 Å². The van der Waals surface area contributed by atoms with Gasteiger partial charge in [0.25, 0.3) is 5.91 Å². The Morgan fingerprint density at radius 2 is 1.68 bits per heavy atom. The monoisotopic (exact) mass is 837 g/mol. The highest BCUT2D eigenvalue weighted by Gasteiger charge is 2.30. The lowest BCUT2D eigenvalue weighted by Crippen LogP contribution is -2.50. The number of imide groups is 1. The van der Waals surface area contributed by atoms with Crippen LogP contribution in [0.2, 0.25) is 0 Å². The van der Waals surface area contributed by atoms with Crippen LogP contribution in [0.5, 0.6) is 0 Å². The maximum atomic E-state index is 15.4. The van der Waals surface area contributed by atoms with E-state index in [1.54, 1.807) is 12.2 Å². The number of carbonyl (C=O) groups is 3. The summed E-state index contributed by atoms with van der Waals surface area (Å²) in [5.41, 5.74) is 10.0. The third-order valence-electron chi connectivity index (χ3n) is 12.8. The minimum absolute atomic E-state index is 0.132. The van der Waals surface area contributed by atoms with Crippen molar-refractivity contribution in [3.05, 3.63) is 110 Å². The van der Waals surface area contributed by atoms with Crippen molar-refractivity contribution >= 4 is 39.7 Å². The molecule has 0 radical (unpaired) electrons. The number of likely N-dealkylation sites (tertiary alicyclic amines) is 2. The smallest absolute Gasteiger partial charge is 0.253 e. The summed E-state index contributed by atoms with van der Waals surface area (Å²) in [5.74, 6) is 0.639. The lowest BCUT2D eigenvalue weighted by Gasteiger charge is -2.39. The largest absolute Gasteiger partial charge is 0.373 e. The number of carbonyl (C=O) groups excluding carboxylic acids is 3. The molecule has 12 heteroatoms. The highest BCUT2D eigenvalue weighted by molar-refractivity contribution is 9.10. The molecule has 4 aliphatic heterocycles. The Bertz CT molecular complexity index is 2020. The fourth-order valence-electron chi connectivity index (χ4n) is 9.26. The van der Waals surface area contributed by atoms with Gasteiger partial charge in [-0.05, 0) is 99.2 Å². The molecular formula is C45H53BrFN7O3. The first-order chi connectivity index (χ1) is 27.7. The summed E-state index contributed by atoms with van der Waals surface area (Å²) in [7, 11) is 0. The molecule has 0 saturated carbocycles. The third-order valence-corrected chi connectivity index (χ3v) is 13.5. The van der Waals surface area contributed by atoms with Crippen molar-refractivity contribution in [2.24, 2.45) is 11.8 Å². The topological polar surface area (TPSA) is 101 Å². The number of allylic oxidation sites excluding steroid dienone is 4. The Hall–Kier alpha value is -4.35. The number of hydrogen-bond donors (Lipinski definition) is 2. The van der Waals surface area contributed by atoms with Crippen LogP contribution in [0, 0.1) is 11.8 Å². The minimum atomic E-state index is -0.582. The molecule has 2 aliphatic carbocycles. The van der Waals surface area contributed by atoms with Crippen molar-refractivity contribution in [2.75, 3.05) is 65.4 Å². The summed E-state index contributed by atoms with van der Waals surface area (Å²) in [6, 6.07) is 9.90. The summed E-state index contributed by atoms with van der Waals surface area (Å²) < 4.78 is 16.5. The molecule has 300 valence electrons. The predicted molar refractivity (Wildman–Crippen MR) is 222 cm³/mol. The molecule has 3 amide bonds. The third kappa shape index (κ3) is 9.36. The first kappa shape index (κ1) is 39.5. The van der Waals surface area contributed by atoms with Gasteiger partial charge in [-0.25, -0.2) is 4.39 Å². The maximum Gasteiger partial charge on any atom is 0.253 e. The number of hydrogen-bond acceptors (Lipinski definition) is 8. The molecule has 2 N–H and O–H groups in total. The first-order valence-corrected chi connectivity index (χ1v) is 21.5. The summed E-state index contributed by atoms with van der Waals surface area (Å²) in [6.45, 7) is 11.1. The lowest BCUT2D eigenvalue weighted by molar-refractivity contribution is -0.134. The van der Waals surface area contributed by atoms with Gasteiger partial charge in [0.1, 0.15) is 11.9 Å². The summed E-state index contributed by atoms with van der Waals surface area (Å²) in [6.07, 6.45) is 14.8. The Morgan fingerprint density at radius 3 is 2.42 bits per heavy atom. The van der Waals surface area contributed by atoms with E-state index in [9.17, 15) is 14.4 Å². The Balaban J connectivity index is 0.758. The second-order valence-electron chi connectivity index (χ2n) is 16.6. The number of rotatable bonds is 9. The van der Waals surface area contributed by atoms with Gasteiger partial charge in [0, 0.05) is 104 Å². The molecule has 10 nitrogen and oxygen atoms in total. The van der Waals surface area contributed by atoms with Crippen molar-refractivity contribution in [3.8, 4) is 0 Å². The van der Waals surface area contributed by atoms with E-state index >= 15 is 4.39 Å². The number of nitrogens with one attached hydrogen (secondary N) is 2. The highest BCUT2D eigenvalue weighted by atomic mass is 79.9. The number of fused-ring (bicyclic) bond motifs is 1. The standard InChI is InChI=1S/C45H53BrFN7O3/c1-30-25-41-37(38(46)11-16-48-41)26-35(30)29-51-17-14-33(15-18-51)32-5-7-34(8-6-32)45(57)54-19-12-31(13-20-54)28-52-21-23-53(24-22-52)42-4-2-3-36(27-39(42)47)49-40-9-10-43(55)50-44(40)56/h3-8,11,16,26-27,30-31,33,40,49H,9-10,12-15,17-25,28-29H2,1H3,(H,50,55,56). The second-order valence-corrected chi connectivity index (χ2v) is 17.5. The van der Waals surface area contributed by atoms with Crippen LogP contribution in [0.15, 0.2) is 87.8 Å². The van der Waals surface area contributed by atoms with Crippen molar-refractivity contribution in [1.82, 2.24) is 35.2 Å². The highest BCUT2D eigenvalue weighted by Crippen LogP contribution is 2.34. The van der Waals surface area contributed by atoms with E-state index in [1.165, 1.54) is 28.5 Å². The van der Waals surface area contributed by atoms with Gasteiger partial charge < -0.3 is 15.1 Å².